The summed E-state index contributed by atoms with van der Waals surface area (Å²) in [7, 11) is 0. The number of benzene rings is 2. The van der Waals surface area contributed by atoms with E-state index in [0.717, 1.165) is 30.2 Å². The zero-order chi connectivity index (χ0) is 13.9. The number of aromatic nitrogens is 1. The molecule has 0 unspecified atom stereocenters. The Morgan fingerprint density at radius 3 is 2.60 bits per heavy atom. The van der Waals surface area contributed by atoms with Crippen molar-refractivity contribution < 1.29 is 5.11 Å². The Kier molecular flexibility index (Phi) is 3.33. The van der Waals surface area contributed by atoms with Crippen LogP contribution in [0.2, 0.25) is 0 Å². The Bertz CT molecular complexity index is 716. The number of nitrogen functional groups attached to an aromatic ring is 1. The SMILES string of the molecule is Nn1cc(CCCc2ccccc2)c2cc(O)ccc21. The van der Waals surface area contributed by atoms with Crippen LogP contribution in [0.3, 0.4) is 0 Å². The predicted molar refractivity (Wildman–Crippen MR) is 82.2 cm³/mol. The van der Waals surface area contributed by atoms with Gasteiger partial charge in [-0.3, -0.25) is 4.68 Å². The first-order valence-corrected chi connectivity index (χ1v) is 6.86. The van der Waals surface area contributed by atoms with E-state index in [2.05, 4.69) is 24.3 Å². The zero-order valence-electron chi connectivity index (χ0n) is 11.3. The van der Waals surface area contributed by atoms with Gasteiger partial charge in [0.15, 0.2) is 0 Å². The highest BCUT2D eigenvalue weighted by Crippen LogP contribution is 2.25. The van der Waals surface area contributed by atoms with E-state index in [9.17, 15) is 5.11 Å². The van der Waals surface area contributed by atoms with Crippen molar-refractivity contribution in [2.75, 3.05) is 5.84 Å². The van der Waals surface area contributed by atoms with Crippen molar-refractivity contribution in [1.29, 1.82) is 0 Å². The second-order valence-electron chi connectivity index (χ2n) is 5.10. The normalized spacial score (nSPS) is 11.0. The lowest BCUT2D eigenvalue weighted by Crippen LogP contribution is -2.04. The lowest BCUT2D eigenvalue weighted by atomic mass is 10.0. The molecule has 0 spiro atoms. The summed E-state index contributed by atoms with van der Waals surface area (Å²) in [5, 5.41) is 10.7. The third-order valence-electron chi connectivity index (χ3n) is 3.65. The molecule has 3 heteroatoms. The van der Waals surface area contributed by atoms with Crippen molar-refractivity contribution in [3.05, 3.63) is 65.9 Å². The highest BCUT2D eigenvalue weighted by Gasteiger charge is 2.07. The van der Waals surface area contributed by atoms with Crippen LogP contribution in [0, 0.1) is 0 Å². The van der Waals surface area contributed by atoms with Gasteiger partial charge in [-0.1, -0.05) is 30.3 Å². The highest BCUT2D eigenvalue weighted by molar-refractivity contribution is 5.85. The number of nitrogens with two attached hydrogens (primary N) is 1. The van der Waals surface area contributed by atoms with Crippen LogP contribution in [0.25, 0.3) is 10.9 Å². The van der Waals surface area contributed by atoms with E-state index >= 15 is 0 Å². The molecule has 3 N–H and O–H groups in total. The third kappa shape index (κ3) is 2.48. The first-order valence-electron chi connectivity index (χ1n) is 6.86. The van der Waals surface area contributed by atoms with Crippen molar-refractivity contribution in [2.24, 2.45) is 0 Å². The molecule has 0 atom stereocenters. The van der Waals surface area contributed by atoms with E-state index in [1.54, 1.807) is 16.8 Å². The Labute approximate surface area is 118 Å². The number of aromatic hydroxyl groups is 1. The zero-order valence-corrected chi connectivity index (χ0v) is 11.3. The summed E-state index contributed by atoms with van der Waals surface area (Å²) >= 11 is 0. The van der Waals surface area contributed by atoms with Gasteiger partial charge in [-0.15, -0.1) is 0 Å². The lowest BCUT2D eigenvalue weighted by molar-refractivity contribution is 0.476. The highest BCUT2D eigenvalue weighted by atomic mass is 16.3. The van der Waals surface area contributed by atoms with Gasteiger partial charge in [-0.05, 0) is 48.6 Å². The van der Waals surface area contributed by atoms with Crippen molar-refractivity contribution >= 4 is 10.9 Å². The number of phenols is 1. The second-order valence-corrected chi connectivity index (χ2v) is 5.10. The van der Waals surface area contributed by atoms with Crippen molar-refractivity contribution in [1.82, 2.24) is 4.68 Å². The maximum atomic E-state index is 9.62. The van der Waals surface area contributed by atoms with Gasteiger partial charge >= 0.3 is 0 Å². The Morgan fingerprint density at radius 2 is 1.80 bits per heavy atom. The number of aryl methyl sites for hydroxylation is 2. The summed E-state index contributed by atoms with van der Waals surface area (Å²) < 4.78 is 1.63. The van der Waals surface area contributed by atoms with Gasteiger partial charge in [-0.25, -0.2) is 0 Å². The van der Waals surface area contributed by atoms with E-state index in [1.807, 2.05) is 18.3 Å². The number of fused-ring (bicyclic) bond motifs is 1. The summed E-state index contributed by atoms with van der Waals surface area (Å²) in [5.74, 6) is 6.23. The van der Waals surface area contributed by atoms with Crippen LogP contribution in [0.15, 0.2) is 54.7 Å². The van der Waals surface area contributed by atoms with Crippen LogP contribution in [-0.4, -0.2) is 9.78 Å². The molecule has 3 nitrogen and oxygen atoms in total. The molecule has 0 radical (unpaired) electrons. The van der Waals surface area contributed by atoms with E-state index < -0.39 is 0 Å². The lowest BCUT2D eigenvalue weighted by Gasteiger charge is -2.01. The average Bonchev–Trinajstić information content (AvgIpc) is 2.76. The molecule has 3 aromatic rings. The minimum Gasteiger partial charge on any atom is -0.508 e. The minimum absolute atomic E-state index is 0.285. The molecule has 1 heterocycles. The molecule has 0 aliphatic heterocycles. The van der Waals surface area contributed by atoms with Crippen LogP contribution >= 0.6 is 0 Å². The summed E-state index contributed by atoms with van der Waals surface area (Å²) in [5.41, 5.74) is 3.50. The number of nitrogens with zero attached hydrogens (tertiary/aromatic N) is 1. The van der Waals surface area contributed by atoms with Crippen LogP contribution in [0.1, 0.15) is 17.5 Å². The van der Waals surface area contributed by atoms with Gasteiger partial charge in [0, 0.05) is 11.6 Å². The molecule has 102 valence electrons. The molecule has 0 aliphatic carbocycles. The molecule has 3 rings (SSSR count). The van der Waals surface area contributed by atoms with Crippen LogP contribution in [0.4, 0.5) is 0 Å². The van der Waals surface area contributed by atoms with Gasteiger partial charge in [0.1, 0.15) is 5.75 Å². The number of phenolic OH excluding ortho intramolecular Hbond substituents is 1. The van der Waals surface area contributed by atoms with Gasteiger partial charge < -0.3 is 10.9 Å². The molecular formula is C17H18N2O. The maximum absolute atomic E-state index is 9.62. The number of hydrogen-bond donors (Lipinski definition) is 2. The Morgan fingerprint density at radius 1 is 1.00 bits per heavy atom. The quantitative estimate of drug-likeness (QED) is 0.712. The van der Waals surface area contributed by atoms with Crippen molar-refractivity contribution in [3.8, 4) is 5.75 Å². The third-order valence-corrected chi connectivity index (χ3v) is 3.65. The number of hydrogen-bond acceptors (Lipinski definition) is 2. The first kappa shape index (κ1) is 12.6. The van der Waals surface area contributed by atoms with E-state index in [4.69, 9.17) is 5.84 Å². The second kappa shape index (κ2) is 5.29. The molecular weight excluding hydrogens is 248 g/mol. The molecule has 20 heavy (non-hydrogen) atoms. The van der Waals surface area contributed by atoms with E-state index in [1.165, 1.54) is 11.1 Å². The average molecular weight is 266 g/mol. The predicted octanol–water partition coefficient (Wildman–Crippen LogP) is 3.24. The summed E-state index contributed by atoms with van der Waals surface area (Å²) in [6.07, 6.45) is 5.03. The molecule has 1 aromatic heterocycles. The van der Waals surface area contributed by atoms with Crippen LogP contribution in [0.5, 0.6) is 5.75 Å². The fourth-order valence-electron chi connectivity index (χ4n) is 2.64. The molecule has 0 saturated carbocycles. The van der Waals surface area contributed by atoms with Crippen molar-refractivity contribution in [2.45, 2.75) is 19.3 Å². The topological polar surface area (TPSA) is 51.2 Å². The van der Waals surface area contributed by atoms with Gasteiger partial charge in [0.25, 0.3) is 0 Å². The van der Waals surface area contributed by atoms with Crippen LogP contribution < -0.4 is 5.84 Å². The maximum Gasteiger partial charge on any atom is 0.116 e. The summed E-state index contributed by atoms with van der Waals surface area (Å²) in [4.78, 5) is 0. The first-order chi connectivity index (χ1) is 9.74. The largest absolute Gasteiger partial charge is 0.508 e. The Balaban J connectivity index is 1.76. The molecule has 0 aliphatic rings. The van der Waals surface area contributed by atoms with Crippen LogP contribution in [-0.2, 0) is 12.8 Å². The monoisotopic (exact) mass is 266 g/mol. The van der Waals surface area contributed by atoms with Crippen molar-refractivity contribution in [3.63, 3.8) is 0 Å². The molecule has 0 saturated heterocycles. The summed E-state index contributed by atoms with van der Waals surface area (Å²) in [6.45, 7) is 0. The fraction of sp³-hybridized carbons (Fsp3) is 0.176. The summed E-state index contributed by atoms with van der Waals surface area (Å²) in [6, 6.07) is 15.8. The standard InChI is InChI=1S/C17H18N2O/c18-19-12-14(16-11-15(20)9-10-17(16)19)8-4-7-13-5-2-1-3-6-13/h1-3,5-6,9-12,20H,4,7-8,18H2. The Hall–Kier alpha value is -2.42. The fourth-order valence-corrected chi connectivity index (χ4v) is 2.64. The number of rotatable bonds is 4. The van der Waals surface area contributed by atoms with E-state index in [0.29, 0.717) is 0 Å². The molecule has 0 amide bonds. The molecule has 0 fully saturated rings. The van der Waals surface area contributed by atoms with Gasteiger partial charge in [0.2, 0.25) is 0 Å². The smallest absolute Gasteiger partial charge is 0.116 e. The minimum atomic E-state index is 0.285. The van der Waals surface area contributed by atoms with Gasteiger partial charge in [-0.2, -0.15) is 0 Å². The van der Waals surface area contributed by atoms with Gasteiger partial charge in [0.05, 0.1) is 5.52 Å². The molecule has 0 bridgehead atoms. The molecule has 2 aromatic carbocycles. The van der Waals surface area contributed by atoms with E-state index in [-0.39, 0.29) is 5.75 Å².